The van der Waals surface area contributed by atoms with Gasteiger partial charge in [0.1, 0.15) is 4.70 Å². The summed E-state index contributed by atoms with van der Waals surface area (Å²) >= 11 is 1.13. The number of nitrogens with one attached hydrogen (secondary N) is 2. The van der Waals surface area contributed by atoms with E-state index in [-0.39, 0.29) is 17.4 Å². The van der Waals surface area contributed by atoms with Crippen LogP contribution in [0.3, 0.4) is 0 Å². The molecule has 3 aromatic rings. The summed E-state index contributed by atoms with van der Waals surface area (Å²) in [5, 5.41) is 13.3. The fourth-order valence-electron chi connectivity index (χ4n) is 3.34. The predicted octanol–water partition coefficient (Wildman–Crippen LogP) is 2.44. The summed E-state index contributed by atoms with van der Waals surface area (Å²) in [4.78, 5) is 41.7. The molecule has 28 heavy (non-hydrogen) atoms. The summed E-state index contributed by atoms with van der Waals surface area (Å²) in [7, 11) is 0. The number of piperidine rings is 1. The molecule has 1 aliphatic rings. The number of amides is 2. The zero-order valence-electron chi connectivity index (χ0n) is 15.0. The molecule has 4 rings (SSSR count). The first-order valence-electron chi connectivity index (χ1n) is 9.01. The lowest BCUT2D eigenvalue weighted by Gasteiger charge is -2.30. The molecular formula is C20H19N3O4S. The normalized spacial score (nSPS) is 16.9. The van der Waals surface area contributed by atoms with E-state index in [4.69, 9.17) is 0 Å². The molecule has 8 heteroatoms. The molecule has 1 unspecified atom stereocenters. The smallest absolute Gasteiger partial charge is 0.265 e. The Kier molecular flexibility index (Phi) is 4.97. The Morgan fingerprint density at radius 1 is 1.25 bits per heavy atom. The number of hydrogen-bond donors (Lipinski definition) is 3. The molecule has 0 spiro atoms. The summed E-state index contributed by atoms with van der Waals surface area (Å²) in [6, 6.07) is 10.2. The van der Waals surface area contributed by atoms with E-state index in [1.54, 1.807) is 47.5 Å². The highest BCUT2D eigenvalue weighted by Gasteiger charge is 2.23. The number of carbonyl (C=O) groups is 2. The molecule has 1 saturated heterocycles. The van der Waals surface area contributed by atoms with Crippen LogP contribution in [0.2, 0.25) is 0 Å². The van der Waals surface area contributed by atoms with Crippen molar-refractivity contribution < 1.29 is 14.7 Å². The molecule has 144 valence electrons. The molecule has 0 bridgehead atoms. The molecule has 1 aromatic carbocycles. The minimum absolute atomic E-state index is 0.164. The van der Waals surface area contributed by atoms with Gasteiger partial charge in [-0.2, -0.15) is 0 Å². The minimum Gasteiger partial charge on any atom is -0.391 e. The lowest BCUT2D eigenvalue weighted by molar-refractivity contribution is 0.0474. The fourth-order valence-corrected chi connectivity index (χ4v) is 4.28. The van der Waals surface area contributed by atoms with Gasteiger partial charge >= 0.3 is 0 Å². The van der Waals surface area contributed by atoms with Crippen LogP contribution in [-0.4, -0.2) is 46.0 Å². The zero-order chi connectivity index (χ0) is 19.7. The SMILES string of the molecule is O=C(Nc1cccc(C(=O)N2CCCC(O)C2)c1)c1cc2cc[nH]c(=O)c2s1. The quantitative estimate of drug-likeness (QED) is 0.632. The van der Waals surface area contributed by atoms with Crippen LogP contribution >= 0.6 is 11.3 Å². The average Bonchev–Trinajstić information content (AvgIpc) is 3.14. The molecule has 3 N–H and O–H groups in total. The summed E-state index contributed by atoms with van der Waals surface area (Å²) in [6.07, 6.45) is 2.54. The van der Waals surface area contributed by atoms with Crippen molar-refractivity contribution in [2.24, 2.45) is 0 Å². The Labute approximate surface area is 164 Å². The van der Waals surface area contributed by atoms with Gasteiger partial charge in [-0.25, -0.2) is 0 Å². The fraction of sp³-hybridized carbons (Fsp3) is 0.250. The van der Waals surface area contributed by atoms with Crippen LogP contribution in [0.25, 0.3) is 10.1 Å². The number of aliphatic hydroxyl groups is 1. The number of β-amino-alcohol motifs (C(OH)–C–C–N with tert-alkyl or cyclic N) is 1. The second kappa shape index (κ2) is 7.57. The summed E-state index contributed by atoms with van der Waals surface area (Å²) in [5.41, 5.74) is 0.734. The third kappa shape index (κ3) is 3.69. The van der Waals surface area contributed by atoms with Gasteiger partial charge in [-0.15, -0.1) is 11.3 Å². The number of anilines is 1. The van der Waals surface area contributed by atoms with Crippen LogP contribution in [0, 0.1) is 0 Å². The number of benzene rings is 1. The Bertz CT molecular complexity index is 1100. The number of fused-ring (bicyclic) bond motifs is 1. The molecular weight excluding hydrogens is 378 g/mol. The zero-order valence-corrected chi connectivity index (χ0v) is 15.8. The van der Waals surface area contributed by atoms with Gasteiger partial charge in [-0.05, 0) is 43.2 Å². The van der Waals surface area contributed by atoms with Crippen molar-refractivity contribution in [3.8, 4) is 0 Å². The summed E-state index contributed by atoms with van der Waals surface area (Å²) < 4.78 is 0.500. The molecule has 2 amide bonds. The molecule has 1 atom stereocenters. The van der Waals surface area contributed by atoms with Crippen LogP contribution in [0.15, 0.2) is 47.4 Å². The van der Waals surface area contributed by atoms with Crippen molar-refractivity contribution in [2.45, 2.75) is 18.9 Å². The maximum absolute atomic E-state index is 12.7. The Morgan fingerprint density at radius 2 is 2.11 bits per heavy atom. The lowest BCUT2D eigenvalue weighted by Crippen LogP contribution is -2.42. The molecule has 3 heterocycles. The molecule has 1 aliphatic heterocycles. The Balaban J connectivity index is 1.52. The van der Waals surface area contributed by atoms with Crippen LogP contribution in [-0.2, 0) is 0 Å². The number of aliphatic hydroxyl groups excluding tert-OH is 1. The summed E-state index contributed by atoms with van der Waals surface area (Å²) in [5.74, 6) is -0.498. The van der Waals surface area contributed by atoms with Gasteiger partial charge in [0.05, 0.1) is 11.0 Å². The van der Waals surface area contributed by atoms with Gasteiger partial charge in [0.2, 0.25) is 0 Å². The first kappa shape index (κ1) is 18.4. The van der Waals surface area contributed by atoms with Crippen molar-refractivity contribution >= 4 is 38.9 Å². The Hall–Kier alpha value is -2.97. The topological polar surface area (TPSA) is 102 Å². The van der Waals surface area contributed by atoms with Gasteiger partial charge in [0, 0.05) is 35.9 Å². The van der Waals surface area contributed by atoms with Crippen molar-refractivity contribution in [2.75, 3.05) is 18.4 Å². The van der Waals surface area contributed by atoms with E-state index in [0.717, 1.165) is 17.8 Å². The molecule has 7 nitrogen and oxygen atoms in total. The third-order valence-electron chi connectivity index (χ3n) is 4.72. The predicted molar refractivity (Wildman–Crippen MR) is 108 cm³/mol. The maximum atomic E-state index is 12.7. The van der Waals surface area contributed by atoms with E-state index in [1.165, 1.54) is 0 Å². The molecule has 0 radical (unpaired) electrons. The standard InChI is InChI=1S/C20H19N3O4S/c24-15-5-2-8-23(11-15)20(27)13-3-1-4-14(9-13)22-18(25)16-10-12-6-7-21-19(26)17(12)28-16/h1,3-4,6-7,9-10,15,24H,2,5,8,11H2,(H,21,26)(H,22,25). The number of thiophene rings is 1. The van der Waals surface area contributed by atoms with E-state index in [0.29, 0.717) is 45.7 Å². The number of rotatable bonds is 3. The number of aromatic nitrogens is 1. The highest BCUT2D eigenvalue weighted by molar-refractivity contribution is 7.20. The molecule has 0 saturated carbocycles. The van der Waals surface area contributed by atoms with Gasteiger partial charge in [-0.3, -0.25) is 14.4 Å². The van der Waals surface area contributed by atoms with Crippen molar-refractivity contribution in [3.63, 3.8) is 0 Å². The number of likely N-dealkylation sites (tertiary alicyclic amines) is 1. The monoisotopic (exact) mass is 397 g/mol. The van der Waals surface area contributed by atoms with Gasteiger partial charge in [0.25, 0.3) is 17.4 Å². The van der Waals surface area contributed by atoms with Crippen molar-refractivity contribution in [1.29, 1.82) is 0 Å². The van der Waals surface area contributed by atoms with Crippen LogP contribution in [0.5, 0.6) is 0 Å². The number of nitrogens with zero attached hydrogens (tertiary/aromatic N) is 1. The minimum atomic E-state index is -0.489. The number of aromatic amines is 1. The highest BCUT2D eigenvalue weighted by atomic mass is 32.1. The van der Waals surface area contributed by atoms with E-state index < -0.39 is 6.10 Å². The first-order chi connectivity index (χ1) is 13.5. The van der Waals surface area contributed by atoms with Crippen molar-refractivity contribution in [1.82, 2.24) is 9.88 Å². The van der Waals surface area contributed by atoms with Gasteiger partial charge < -0.3 is 20.3 Å². The summed E-state index contributed by atoms with van der Waals surface area (Å²) in [6.45, 7) is 0.939. The molecule has 2 aromatic heterocycles. The second-order valence-corrected chi connectivity index (χ2v) is 7.84. The van der Waals surface area contributed by atoms with Crippen LogP contribution in [0.4, 0.5) is 5.69 Å². The number of H-pyrrole nitrogens is 1. The highest BCUT2D eigenvalue weighted by Crippen LogP contribution is 2.23. The van der Waals surface area contributed by atoms with Crippen molar-refractivity contribution in [3.05, 3.63) is 63.4 Å². The number of hydrogen-bond acceptors (Lipinski definition) is 5. The first-order valence-corrected chi connectivity index (χ1v) is 9.83. The Morgan fingerprint density at radius 3 is 2.89 bits per heavy atom. The lowest BCUT2D eigenvalue weighted by atomic mass is 10.1. The largest absolute Gasteiger partial charge is 0.391 e. The maximum Gasteiger partial charge on any atom is 0.265 e. The van der Waals surface area contributed by atoms with E-state index in [2.05, 4.69) is 10.3 Å². The molecule has 1 fully saturated rings. The van der Waals surface area contributed by atoms with E-state index >= 15 is 0 Å². The van der Waals surface area contributed by atoms with E-state index in [9.17, 15) is 19.5 Å². The molecule has 0 aliphatic carbocycles. The van der Waals surface area contributed by atoms with Gasteiger partial charge in [-0.1, -0.05) is 6.07 Å². The number of pyridine rings is 1. The van der Waals surface area contributed by atoms with Crippen LogP contribution < -0.4 is 10.9 Å². The number of carbonyl (C=O) groups excluding carboxylic acids is 2. The second-order valence-electron chi connectivity index (χ2n) is 6.78. The third-order valence-corrected chi connectivity index (χ3v) is 5.87. The van der Waals surface area contributed by atoms with Gasteiger partial charge in [0.15, 0.2) is 0 Å². The van der Waals surface area contributed by atoms with Crippen LogP contribution in [0.1, 0.15) is 32.9 Å². The van der Waals surface area contributed by atoms with E-state index in [1.807, 2.05) is 0 Å². The average molecular weight is 397 g/mol.